The molecule has 0 spiro atoms. The van der Waals surface area contributed by atoms with Crippen LogP contribution in [-0.4, -0.2) is 34.6 Å². The van der Waals surface area contributed by atoms with Gasteiger partial charge in [-0.15, -0.1) is 0 Å². The van der Waals surface area contributed by atoms with Crippen LogP contribution in [0.4, 0.5) is 0 Å². The number of hydrogen-bond acceptors (Lipinski definition) is 4. The fourth-order valence-electron chi connectivity index (χ4n) is 3.30. The zero-order valence-corrected chi connectivity index (χ0v) is 16.5. The first-order valence-corrected chi connectivity index (χ1v) is 8.99. The van der Waals surface area contributed by atoms with Crippen LogP contribution in [0, 0.1) is 20.8 Å². The summed E-state index contributed by atoms with van der Waals surface area (Å²) in [6.07, 6.45) is 0. The highest BCUT2D eigenvalue weighted by molar-refractivity contribution is 5.95. The normalized spacial score (nSPS) is 11.2. The Balaban J connectivity index is 1.78. The van der Waals surface area contributed by atoms with Crippen LogP contribution in [0.5, 0.6) is 0 Å². The highest BCUT2D eigenvalue weighted by atomic mass is 16.5. The van der Waals surface area contributed by atoms with E-state index in [4.69, 9.17) is 4.52 Å². The van der Waals surface area contributed by atoms with Gasteiger partial charge in [-0.25, -0.2) is 0 Å². The number of aryl methyl sites for hydroxylation is 2. The third-order valence-corrected chi connectivity index (χ3v) is 4.56. The average molecular weight is 366 g/mol. The topological polar surface area (TPSA) is 63.3 Å². The minimum absolute atomic E-state index is 0.0887. The lowest BCUT2D eigenvalue weighted by Gasteiger charge is -2.14. The van der Waals surface area contributed by atoms with E-state index in [-0.39, 0.29) is 5.91 Å². The van der Waals surface area contributed by atoms with E-state index in [0.29, 0.717) is 17.9 Å². The fraction of sp³-hybridized carbons (Fsp3) is 0.333. The predicted octanol–water partition coefficient (Wildman–Crippen LogP) is 3.38. The van der Waals surface area contributed by atoms with Crippen LogP contribution in [0.1, 0.15) is 38.6 Å². The summed E-state index contributed by atoms with van der Waals surface area (Å²) in [7, 11) is 4.08. The minimum atomic E-state index is -0.0887. The Kier molecular flexibility index (Phi) is 5.46. The van der Waals surface area contributed by atoms with Crippen LogP contribution in [-0.2, 0) is 13.1 Å². The maximum atomic E-state index is 12.8. The Bertz CT molecular complexity index is 953. The van der Waals surface area contributed by atoms with Gasteiger partial charge in [0.05, 0.1) is 5.56 Å². The van der Waals surface area contributed by atoms with Gasteiger partial charge < -0.3 is 14.7 Å². The molecule has 0 bridgehead atoms. The smallest absolute Gasteiger partial charge is 0.253 e. The number of benzene rings is 1. The molecule has 2 aromatic heterocycles. The zero-order valence-electron chi connectivity index (χ0n) is 16.5. The maximum Gasteiger partial charge on any atom is 0.253 e. The first-order chi connectivity index (χ1) is 12.9. The summed E-state index contributed by atoms with van der Waals surface area (Å²) in [5.74, 6) is 1.34. The first kappa shape index (κ1) is 18.9. The van der Waals surface area contributed by atoms with Gasteiger partial charge in [0.15, 0.2) is 5.82 Å². The van der Waals surface area contributed by atoms with Crippen molar-refractivity contribution in [2.75, 3.05) is 14.1 Å². The van der Waals surface area contributed by atoms with E-state index in [0.717, 1.165) is 29.3 Å². The molecule has 0 saturated carbocycles. The highest BCUT2D eigenvalue weighted by Gasteiger charge is 2.18. The Labute approximate surface area is 159 Å². The fourth-order valence-corrected chi connectivity index (χ4v) is 3.30. The summed E-state index contributed by atoms with van der Waals surface area (Å²) in [6, 6.07) is 11.9. The van der Waals surface area contributed by atoms with Gasteiger partial charge >= 0.3 is 0 Å². The van der Waals surface area contributed by atoms with Crippen molar-refractivity contribution in [1.29, 1.82) is 0 Å². The van der Waals surface area contributed by atoms with Crippen LogP contribution in [0.25, 0.3) is 5.82 Å². The van der Waals surface area contributed by atoms with Crippen LogP contribution in [0.3, 0.4) is 0 Å². The lowest BCUT2D eigenvalue weighted by atomic mass is 10.1. The minimum Gasteiger partial charge on any atom is -0.360 e. The van der Waals surface area contributed by atoms with Crippen molar-refractivity contribution in [2.45, 2.75) is 33.9 Å². The van der Waals surface area contributed by atoms with E-state index in [9.17, 15) is 4.79 Å². The predicted molar refractivity (Wildman–Crippen MR) is 105 cm³/mol. The van der Waals surface area contributed by atoms with Crippen LogP contribution in [0.2, 0.25) is 0 Å². The van der Waals surface area contributed by atoms with Gasteiger partial charge in [-0.05, 0) is 52.1 Å². The number of nitrogens with one attached hydrogen (secondary N) is 1. The number of carbonyl (C=O) groups is 1. The third kappa shape index (κ3) is 4.11. The standard InChI is InChI=1S/C21H26N4O2/c1-14-10-19(16(3)25(14)20-11-15(2)27-23-20)21(26)22-12-17-8-6-7-9-18(17)13-24(4)5/h6-11H,12-13H2,1-5H3,(H,22,26). The number of rotatable bonds is 6. The molecule has 0 aliphatic heterocycles. The van der Waals surface area contributed by atoms with E-state index >= 15 is 0 Å². The molecular formula is C21H26N4O2. The average Bonchev–Trinajstić information content (AvgIpc) is 3.16. The Morgan fingerprint density at radius 3 is 2.48 bits per heavy atom. The maximum absolute atomic E-state index is 12.8. The van der Waals surface area contributed by atoms with Crippen molar-refractivity contribution in [3.63, 3.8) is 0 Å². The molecule has 0 saturated heterocycles. The van der Waals surface area contributed by atoms with Gasteiger partial charge in [-0.2, -0.15) is 0 Å². The van der Waals surface area contributed by atoms with Gasteiger partial charge in [0.25, 0.3) is 5.91 Å². The molecule has 3 rings (SSSR count). The van der Waals surface area contributed by atoms with Crippen molar-refractivity contribution in [1.82, 2.24) is 19.9 Å². The molecular weight excluding hydrogens is 340 g/mol. The van der Waals surface area contributed by atoms with Crippen molar-refractivity contribution >= 4 is 5.91 Å². The molecule has 3 aromatic rings. The molecule has 0 aliphatic rings. The summed E-state index contributed by atoms with van der Waals surface area (Å²) < 4.78 is 7.11. The first-order valence-electron chi connectivity index (χ1n) is 8.99. The SMILES string of the molecule is Cc1cc(-n2c(C)cc(C(=O)NCc3ccccc3CN(C)C)c2C)no1. The highest BCUT2D eigenvalue weighted by Crippen LogP contribution is 2.21. The summed E-state index contributed by atoms with van der Waals surface area (Å²) in [5, 5.41) is 7.12. The van der Waals surface area contributed by atoms with Crippen LogP contribution in [0.15, 0.2) is 40.9 Å². The lowest BCUT2D eigenvalue weighted by molar-refractivity contribution is 0.0950. The molecule has 0 fully saturated rings. The van der Waals surface area contributed by atoms with E-state index < -0.39 is 0 Å². The van der Waals surface area contributed by atoms with Gasteiger partial charge in [-0.1, -0.05) is 29.4 Å². The van der Waals surface area contributed by atoms with Crippen molar-refractivity contribution < 1.29 is 9.32 Å². The Hall–Kier alpha value is -2.86. The molecule has 0 radical (unpaired) electrons. The van der Waals surface area contributed by atoms with E-state index in [1.807, 2.05) is 63.7 Å². The largest absolute Gasteiger partial charge is 0.360 e. The molecule has 142 valence electrons. The number of nitrogens with zero attached hydrogens (tertiary/aromatic N) is 3. The summed E-state index contributed by atoms with van der Waals surface area (Å²) in [4.78, 5) is 14.9. The molecule has 2 heterocycles. The quantitative estimate of drug-likeness (QED) is 0.726. The molecule has 6 heteroatoms. The number of hydrogen-bond donors (Lipinski definition) is 1. The van der Waals surface area contributed by atoms with Gasteiger partial charge in [0.2, 0.25) is 0 Å². The number of aromatic nitrogens is 2. The van der Waals surface area contributed by atoms with E-state index in [2.05, 4.69) is 27.5 Å². The Morgan fingerprint density at radius 2 is 1.85 bits per heavy atom. The van der Waals surface area contributed by atoms with Crippen LogP contribution < -0.4 is 5.32 Å². The van der Waals surface area contributed by atoms with Crippen molar-refractivity contribution in [3.8, 4) is 5.82 Å². The second-order valence-corrected chi connectivity index (χ2v) is 7.11. The molecule has 1 amide bonds. The van der Waals surface area contributed by atoms with E-state index in [1.165, 1.54) is 5.56 Å². The third-order valence-electron chi connectivity index (χ3n) is 4.56. The van der Waals surface area contributed by atoms with Crippen molar-refractivity contribution in [3.05, 3.63) is 70.2 Å². The van der Waals surface area contributed by atoms with Crippen LogP contribution >= 0.6 is 0 Å². The molecule has 27 heavy (non-hydrogen) atoms. The zero-order chi connectivity index (χ0) is 19.6. The molecule has 0 unspecified atom stereocenters. The van der Waals surface area contributed by atoms with Gasteiger partial charge in [0, 0.05) is 30.5 Å². The molecule has 6 nitrogen and oxygen atoms in total. The monoisotopic (exact) mass is 366 g/mol. The molecule has 0 atom stereocenters. The Morgan fingerprint density at radius 1 is 1.15 bits per heavy atom. The van der Waals surface area contributed by atoms with E-state index in [1.54, 1.807) is 0 Å². The second-order valence-electron chi connectivity index (χ2n) is 7.11. The van der Waals surface area contributed by atoms with Crippen molar-refractivity contribution in [2.24, 2.45) is 0 Å². The molecule has 0 aliphatic carbocycles. The number of amides is 1. The van der Waals surface area contributed by atoms with Gasteiger partial charge in [0.1, 0.15) is 5.76 Å². The molecule has 1 N–H and O–H groups in total. The molecule has 1 aromatic carbocycles. The summed E-state index contributed by atoms with van der Waals surface area (Å²) in [6.45, 7) is 7.07. The van der Waals surface area contributed by atoms with Gasteiger partial charge in [-0.3, -0.25) is 9.36 Å². The summed E-state index contributed by atoms with van der Waals surface area (Å²) >= 11 is 0. The summed E-state index contributed by atoms with van der Waals surface area (Å²) in [5.41, 5.74) is 4.78. The lowest BCUT2D eigenvalue weighted by Crippen LogP contribution is -2.24. The number of carbonyl (C=O) groups excluding carboxylic acids is 1. The second kappa shape index (κ2) is 7.80.